The molecule has 1 heterocycles. The van der Waals surface area contributed by atoms with Crippen molar-refractivity contribution in [1.29, 1.82) is 0 Å². The van der Waals surface area contributed by atoms with Gasteiger partial charge in [-0.2, -0.15) is 0 Å². The summed E-state index contributed by atoms with van der Waals surface area (Å²) >= 11 is 0. The minimum absolute atomic E-state index is 0.532. The summed E-state index contributed by atoms with van der Waals surface area (Å²) in [7, 11) is 0. The highest BCUT2D eigenvalue weighted by molar-refractivity contribution is 5.76. The number of carbonyl (C=O) groups is 1. The zero-order valence-electron chi connectivity index (χ0n) is 13.1. The van der Waals surface area contributed by atoms with Crippen LogP contribution in [0.5, 0.6) is 0 Å². The molecular formula is C15H24N2O3. The van der Waals surface area contributed by atoms with Crippen LogP contribution in [0.25, 0.3) is 0 Å². The number of rotatable bonds is 6. The van der Waals surface area contributed by atoms with Gasteiger partial charge in [-0.05, 0) is 41.0 Å². The number of aromatic nitrogens is 2. The Balaban J connectivity index is 3.33. The van der Waals surface area contributed by atoms with Crippen molar-refractivity contribution in [3.05, 3.63) is 22.8 Å². The van der Waals surface area contributed by atoms with E-state index in [2.05, 4.69) is 9.97 Å². The average Bonchev–Trinajstić information content (AvgIpc) is 2.37. The van der Waals surface area contributed by atoms with E-state index in [0.29, 0.717) is 29.4 Å². The third kappa shape index (κ3) is 3.15. The molecule has 0 aromatic carbocycles. The molecule has 0 aliphatic heterocycles. The van der Waals surface area contributed by atoms with E-state index in [4.69, 9.17) is 9.84 Å². The molecule has 1 aromatic heterocycles. The van der Waals surface area contributed by atoms with Crippen molar-refractivity contribution >= 4 is 5.97 Å². The number of hydrogen-bond donors (Lipinski definition) is 1. The van der Waals surface area contributed by atoms with Crippen LogP contribution in [0, 0.1) is 13.8 Å². The summed E-state index contributed by atoms with van der Waals surface area (Å²) in [4.78, 5) is 20.2. The van der Waals surface area contributed by atoms with Gasteiger partial charge >= 0.3 is 5.97 Å². The minimum Gasteiger partial charge on any atom is -0.481 e. The first-order valence-electron chi connectivity index (χ1n) is 6.99. The van der Waals surface area contributed by atoms with Crippen molar-refractivity contribution < 1.29 is 14.6 Å². The molecule has 1 aromatic rings. The van der Waals surface area contributed by atoms with E-state index in [1.165, 1.54) is 0 Å². The van der Waals surface area contributed by atoms with Gasteiger partial charge in [0.1, 0.15) is 5.60 Å². The first kappa shape index (κ1) is 16.6. The lowest BCUT2D eigenvalue weighted by Gasteiger charge is -2.28. The van der Waals surface area contributed by atoms with Crippen molar-refractivity contribution in [2.24, 2.45) is 0 Å². The Hall–Kier alpha value is -1.49. The predicted octanol–water partition coefficient (Wildman–Crippen LogP) is 2.94. The Morgan fingerprint density at radius 3 is 2.15 bits per heavy atom. The lowest BCUT2D eigenvalue weighted by atomic mass is 9.96. The number of hydrogen-bond acceptors (Lipinski definition) is 4. The van der Waals surface area contributed by atoms with Crippen LogP contribution in [0.3, 0.4) is 0 Å². The summed E-state index contributed by atoms with van der Waals surface area (Å²) in [6.07, 6.45) is 0.757. The SMILES string of the molecule is CCOC(C)(CC)c1nc(C)c(C(C)C(=O)O)c(C)n1. The third-order valence-electron chi connectivity index (χ3n) is 3.74. The highest BCUT2D eigenvalue weighted by Gasteiger charge is 2.30. The fourth-order valence-electron chi connectivity index (χ4n) is 2.35. The Labute approximate surface area is 120 Å². The number of aryl methyl sites for hydroxylation is 2. The van der Waals surface area contributed by atoms with Crippen molar-refractivity contribution in [1.82, 2.24) is 9.97 Å². The van der Waals surface area contributed by atoms with Gasteiger partial charge in [0.25, 0.3) is 0 Å². The Bertz CT molecular complexity index is 479. The number of carboxylic acids is 1. The molecule has 0 spiro atoms. The van der Waals surface area contributed by atoms with Crippen molar-refractivity contribution in [2.45, 2.75) is 59.5 Å². The molecule has 20 heavy (non-hydrogen) atoms. The van der Waals surface area contributed by atoms with Gasteiger partial charge in [-0.15, -0.1) is 0 Å². The van der Waals surface area contributed by atoms with Gasteiger partial charge in [0.15, 0.2) is 5.82 Å². The summed E-state index contributed by atoms with van der Waals surface area (Å²) < 4.78 is 5.78. The van der Waals surface area contributed by atoms with E-state index in [1.807, 2.05) is 34.6 Å². The molecule has 0 aliphatic carbocycles. The smallest absolute Gasteiger partial charge is 0.310 e. The average molecular weight is 280 g/mol. The molecule has 0 aliphatic rings. The van der Waals surface area contributed by atoms with E-state index in [0.717, 1.165) is 6.42 Å². The first-order chi connectivity index (χ1) is 9.26. The van der Waals surface area contributed by atoms with Crippen LogP contribution in [0.1, 0.15) is 62.8 Å². The molecule has 0 fully saturated rings. The fourth-order valence-corrected chi connectivity index (χ4v) is 2.35. The molecule has 2 unspecified atom stereocenters. The van der Waals surface area contributed by atoms with Gasteiger partial charge in [-0.25, -0.2) is 9.97 Å². The topological polar surface area (TPSA) is 72.3 Å². The van der Waals surface area contributed by atoms with Gasteiger partial charge in [-0.3, -0.25) is 4.79 Å². The summed E-state index contributed by atoms with van der Waals surface area (Å²) in [6.45, 7) is 11.8. The van der Waals surface area contributed by atoms with Crippen LogP contribution in [0.15, 0.2) is 0 Å². The summed E-state index contributed by atoms with van der Waals surface area (Å²) in [6, 6.07) is 0. The van der Waals surface area contributed by atoms with Crippen LogP contribution in [0.2, 0.25) is 0 Å². The highest BCUT2D eigenvalue weighted by Crippen LogP contribution is 2.29. The molecule has 0 bridgehead atoms. The zero-order chi connectivity index (χ0) is 15.5. The van der Waals surface area contributed by atoms with E-state index >= 15 is 0 Å². The predicted molar refractivity (Wildman–Crippen MR) is 76.8 cm³/mol. The van der Waals surface area contributed by atoms with Gasteiger partial charge in [-0.1, -0.05) is 6.92 Å². The van der Waals surface area contributed by atoms with Crippen LogP contribution in [-0.2, 0) is 15.1 Å². The molecule has 0 saturated carbocycles. The molecule has 1 rings (SSSR count). The minimum atomic E-state index is -0.865. The van der Waals surface area contributed by atoms with Crippen LogP contribution < -0.4 is 0 Å². The largest absolute Gasteiger partial charge is 0.481 e. The van der Waals surface area contributed by atoms with Gasteiger partial charge in [0, 0.05) is 23.6 Å². The highest BCUT2D eigenvalue weighted by atomic mass is 16.5. The maximum absolute atomic E-state index is 11.2. The standard InChI is InChI=1S/C15H24N2O3/c1-7-15(6,20-8-2)14-16-10(4)12(11(5)17-14)9(3)13(18)19/h9H,7-8H2,1-6H3,(H,18,19). The van der Waals surface area contributed by atoms with Crippen molar-refractivity contribution in [2.75, 3.05) is 6.61 Å². The van der Waals surface area contributed by atoms with Crippen LogP contribution >= 0.6 is 0 Å². The van der Waals surface area contributed by atoms with Gasteiger partial charge in [0.2, 0.25) is 0 Å². The van der Waals surface area contributed by atoms with E-state index in [9.17, 15) is 4.79 Å². The van der Waals surface area contributed by atoms with Gasteiger partial charge < -0.3 is 9.84 Å². The number of ether oxygens (including phenoxy) is 1. The maximum Gasteiger partial charge on any atom is 0.310 e. The maximum atomic E-state index is 11.2. The van der Waals surface area contributed by atoms with Gasteiger partial charge in [0.05, 0.1) is 5.92 Å². The Kier molecular flexibility index (Phi) is 5.22. The summed E-state index contributed by atoms with van der Waals surface area (Å²) in [5.74, 6) is -0.849. The Morgan fingerprint density at radius 2 is 1.80 bits per heavy atom. The van der Waals surface area contributed by atoms with E-state index in [-0.39, 0.29) is 0 Å². The lowest BCUT2D eigenvalue weighted by molar-refractivity contribution is -0.138. The normalized spacial score (nSPS) is 15.7. The van der Waals surface area contributed by atoms with E-state index in [1.54, 1.807) is 6.92 Å². The first-order valence-corrected chi connectivity index (χ1v) is 6.99. The molecule has 1 N–H and O–H groups in total. The van der Waals surface area contributed by atoms with Crippen molar-refractivity contribution in [3.63, 3.8) is 0 Å². The van der Waals surface area contributed by atoms with Crippen molar-refractivity contribution in [3.8, 4) is 0 Å². The molecule has 2 atom stereocenters. The molecule has 0 radical (unpaired) electrons. The fraction of sp³-hybridized carbons (Fsp3) is 0.667. The number of carboxylic acid groups (broad SMARTS) is 1. The summed E-state index contributed by atoms with van der Waals surface area (Å²) in [5, 5.41) is 9.16. The molecular weight excluding hydrogens is 256 g/mol. The lowest BCUT2D eigenvalue weighted by Crippen LogP contribution is -2.29. The second-order valence-corrected chi connectivity index (χ2v) is 5.21. The zero-order valence-corrected chi connectivity index (χ0v) is 13.1. The molecule has 112 valence electrons. The van der Waals surface area contributed by atoms with Crippen LogP contribution in [0.4, 0.5) is 0 Å². The second kappa shape index (κ2) is 6.31. The summed E-state index contributed by atoms with van der Waals surface area (Å²) in [5.41, 5.74) is 1.58. The second-order valence-electron chi connectivity index (χ2n) is 5.21. The molecule has 5 heteroatoms. The molecule has 0 amide bonds. The van der Waals surface area contributed by atoms with E-state index < -0.39 is 17.5 Å². The molecule has 0 saturated heterocycles. The number of nitrogens with zero attached hydrogens (tertiary/aromatic N) is 2. The number of aliphatic carboxylic acids is 1. The molecule has 5 nitrogen and oxygen atoms in total. The quantitative estimate of drug-likeness (QED) is 0.867. The third-order valence-corrected chi connectivity index (χ3v) is 3.74. The Morgan fingerprint density at radius 1 is 1.30 bits per heavy atom. The van der Waals surface area contributed by atoms with Crippen LogP contribution in [-0.4, -0.2) is 27.7 Å². The monoisotopic (exact) mass is 280 g/mol.